The van der Waals surface area contributed by atoms with E-state index in [1.165, 1.54) is 197 Å². The molecule has 0 amide bonds. The lowest BCUT2D eigenvalue weighted by atomic mass is 9.70. The van der Waals surface area contributed by atoms with Gasteiger partial charge in [-0.15, -0.1) is 22.7 Å². The Morgan fingerprint density at radius 3 is 1.08 bits per heavy atom. The Kier molecular flexibility index (Phi) is 12.5. The van der Waals surface area contributed by atoms with Crippen LogP contribution in [0.3, 0.4) is 0 Å². The van der Waals surface area contributed by atoms with Gasteiger partial charge in [0.2, 0.25) is 0 Å². The smallest absolute Gasteiger partial charge is 0.0734 e. The van der Waals surface area contributed by atoms with Crippen LogP contribution in [-0.2, 0) is 10.8 Å². The van der Waals surface area contributed by atoms with Gasteiger partial charge in [0.25, 0.3) is 0 Å². The molecular weight excluding hydrogens is 1350 g/mol. The van der Waals surface area contributed by atoms with Crippen LogP contribution in [0.2, 0.25) is 0 Å². The first-order chi connectivity index (χ1) is 56.1. The molecule has 24 rings (SSSR count). The molecule has 20 aromatic rings. The van der Waals surface area contributed by atoms with E-state index < -0.39 is 10.8 Å². The van der Waals surface area contributed by atoms with E-state index >= 15 is 0 Å². The predicted molar refractivity (Wildman–Crippen MR) is 461 cm³/mol. The Morgan fingerprint density at radius 2 is 0.606 bits per heavy atom. The maximum atomic E-state index is 8.92. The van der Waals surface area contributed by atoms with Crippen molar-refractivity contribution in [2.24, 2.45) is 0 Å². The van der Waals surface area contributed by atoms with Crippen molar-refractivity contribution in [2.45, 2.75) is 17.8 Å². The van der Waals surface area contributed by atoms with Gasteiger partial charge >= 0.3 is 0 Å². The van der Waals surface area contributed by atoms with Crippen LogP contribution < -0.4 is 0 Å². The third-order valence-electron chi connectivity index (χ3n) is 24.0. The molecule has 0 N–H and O–H groups in total. The molecule has 3 aromatic heterocycles. The molecule has 2 unspecified atom stereocenters. The first-order valence-electron chi connectivity index (χ1n) is 39.9. The maximum absolute atomic E-state index is 8.92. The Labute approximate surface area is 647 Å². The Hall–Kier alpha value is -13.2. The summed E-state index contributed by atoms with van der Waals surface area (Å²) in [5.74, 6) is 0. The highest BCUT2D eigenvalue weighted by Gasteiger charge is 2.55. The fourth-order valence-electron chi connectivity index (χ4n) is 20.0. The molecule has 0 fully saturated rings. The molecule has 0 saturated carbocycles. The van der Waals surface area contributed by atoms with Gasteiger partial charge in [-0.3, -0.25) is 4.98 Å². The number of pyridine rings is 1. The second-order valence-corrected chi connectivity index (χ2v) is 31.4. The number of fused-ring (bicyclic) bond motifs is 26. The minimum absolute atomic E-state index is 0.182. The van der Waals surface area contributed by atoms with Crippen molar-refractivity contribution in [1.29, 1.82) is 0 Å². The first kappa shape index (κ1) is 57.1. The monoisotopic (exact) mass is 1420 g/mol. The zero-order valence-corrected chi connectivity index (χ0v) is 60.8. The topological polar surface area (TPSA) is 12.9 Å². The van der Waals surface area contributed by atoms with Gasteiger partial charge < -0.3 is 0 Å². The second-order valence-electron chi connectivity index (χ2n) is 29.3. The van der Waals surface area contributed by atoms with E-state index in [9.17, 15) is 0 Å². The molecule has 0 saturated heterocycles. The standard InChI is InChI=1S/C54H34S.C52H31NS/c1-33-30-35-18-5-6-19-36(35)44(31-33)51-39-22-9-7-20-37(39)50(38-21-8-10-23-40(38)51)43-26-15-29-47-52(43)41-24-11-13-27-45(41)54(47)46-28-14-12-25-42(46)53-48(54)32-49(55-53)34-16-3-2-4-17-34;1-2-17-34-32(14-1)15-11-24-35(34)48-36-18-3-5-20-38(36)49(39-21-6-4-19-37(39)48)42-25-12-28-45-50(42)40-22-7-9-26-43(40)52(45)44-27-10-8-23-41(44)51-46(52)30-47(54-51)33-16-13-29-53-31-33/h2-32H,1H3;1-31H/i2D,3D,4D,16D,17D;. The lowest BCUT2D eigenvalue weighted by Crippen LogP contribution is -2.25. The van der Waals surface area contributed by atoms with Crippen molar-refractivity contribution >= 4 is 87.3 Å². The van der Waals surface area contributed by atoms with Crippen molar-refractivity contribution < 1.29 is 6.85 Å². The van der Waals surface area contributed by atoms with Crippen LogP contribution >= 0.6 is 22.7 Å². The summed E-state index contributed by atoms with van der Waals surface area (Å²) in [4.78, 5) is 8.83. The zero-order valence-electron chi connectivity index (χ0n) is 64.2. The quantitative estimate of drug-likeness (QED) is 0.151. The minimum Gasteiger partial charge on any atom is -0.264 e. The van der Waals surface area contributed by atoms with E-state index in [0.717, 1.165) is 27.1 Å². The summed E-state index contributed by atoms with van der Waals surface area (Å²) < 4.78 is 43.1. The maximum Gasteiger partial charge on any atom is 0.0734 e. The zero-order chi connectivity index (χ0) is 76.0. The van der Waals surface area contributed by atoms with Crippen LogP contribution in [0.15, 0.2) is 376 Å². The van der Waals surface area contributed by atoms with Gasteiger partial charge in [-0.1, -0.05) is 346 Å². The molecule has 0 radical (unpaired) electrons. The van der Waals surface area contributed by atoms with Crippen LogP contribution in [0.4, 0.5) is 0 Å². The number of thiophene rings is 2. The lowest BCUT2D eigenvalue weighted by Gasteiger charge is -2.30. The van der Waals surface area contributed by atoms with Crippen LogP contribution in [0.5, 0.6) is 0 Å². The van der Waals surface area contributed by atoms with Gasteiger partial charge in [-0.2, -0.15) is 0 Å². The minimum atomic E-state index is -0.692. The van der Waals surface area contributed by atoms with Crippen molar-refractivity contribution in [2.75, 3.05) is 0 Å². The van der Waals surface area contributed by atoms with Crippen LogP contribution in [-0.4, -0.2) is 4.98 Å². The highest BCUT2D eigenvalue weighted by molar-refractivity contribution is 7.19. The van der Waals surface area contributed by atoms with Crippen molar-refractivity contribution in [3.63, 3.8) is 0 Å². The molecule has 17 aromatic carbocycles. The number of hydrogen-bond donors (Lipinski definition) is 0. The van der Waals surface area contributed by atoms with Crippen molar-refractivity contribution in [1.82, 2.24) is 4.98 Å². The third-order valence-corrected chi connectivity index (χ3v) is 26.4. The van der Waals surface area contributed by atoms with Crippen LogP contribution in [0.25, 0.3) is 173 Å². The third kappa shape index (κ3) is 8.68. The number of nitrogens with zero attached hydrogens (tertiary/aromatic N) is 1. The van der Waals surface area contributed by atoms with E-state index in [0.29, 0.717) is 4.88 Å². The van der Waals surface area contributed by atoms with E-state index in [1.54, 1.807) is 0 Å². The summed E-state index contributed by atoms with van der Waals surface area (Å²) in [5, 5.41) is 14.9. The summed E-state index contributed by atoms with van der Waals surface area (Å²) in [6.45, 7) is 2.18. The van der Waals surface area contributed by atoms with Gasteiger partial charge in [0.05, 0.1) is 17.7 Å². The SMILES string of the molecule is [2H]c1c([2H])c([2H])c(-c2cc3c(s2)-c2ccccc2C32c3ccccc3-c3c(-c4c5ccccc5c(-c5cc(C)cc6ccccc56)c5ccccc45)cccc32)c([2H])c1[2H].c1cncc(-c2cc3c(s2)-c2ccccc2C32c3ccccc3-c3c(-c4c5ccccc5c(-c5cccc6ccccc56)c5ccccc45)cccc32)c1. The van der Waals surface area contributed by atoms with Crippen LogP contribution in [0.1, 0.15) is 56.9 Å². The lowest BCUT2D eigenvalue weighted by molar-refractivity contribution is 0.796. The van der Waals surface area contributed by atoms with Gasteiger partial charge in [0, 0.05) is 37.5 Å². The summed E-state index contributed by atoms with van der Waals surface area (Å²) in [5.41, 5.74) is 29.0. The predicted octanol–water partition coefficient (Wildman–Crippen LogP) is 28.8. The highest BCUT2D eigenvalue weighted by atomic mass is 32.1. The largest absolute Gasteiger partial charge is 0.264 e. The number of rotatable bonds is 6. The molecule has 3 heteroatoms. The Balaban J connectivity index is 0.000000136. The van der Waals surface area contributed by atoms with E-state index in [-0.39, 0.29) is 35.8 Å². The van der Waals surface area contributed by atoms with E-state index in [1.807, 2.05) is 29.8 Å². The first-order valence-corrected chi connectivity index (χ1v) is 39.0. The summed E-state index contributed by atoms with van der Waals surface area (Å²) in [6.07, 6.45) is 3.85. The van der Waals surface area contributed by atoms with E-state index in [4.69, 9.17) is 6.85 Å². The molecule has 506 valence electrons. The molecule has 109 heavy (non-hydrogen) atoms. The average Bonchev–Trinajstić information content (AvgIpc) is 1.50. The van der Waals surface area contributed by atoms with Gasteiger partial charge in [0.15, 0.2) is 0 Å². The van der Waals surface area contributed by atoms with E-state index in [2.05, 4.69) is 339 Å². The second kappa shape index (κ2) is 23.9. The summed E-state index contributed by atoms with van der Waals surface area (Å²) in [6, 6.07) is 122. The number of aromatic nitrogens is 1. The molecular formula is C106H65NS2. The fraction of sp³-hybridized carbons (Fsp3) is 0.0283. The molecule has 0 bridgehead atoms. The number of benzene rings is 17. The molecule has 4 aliphatic rings. The normalized spacial score (nSPS) is 15.7. The average molecular weight is 1420 g/mol. The van der Waals surface area contributed by atoms with Crippen LogP contribution in [0, 0.1) is 6.92 Å². The van der Waals surface area contributed by atoms with Gasteiger partial charge in [-0.25, -0.2) is 0 Å². The Morgan fingerprint density at radius 1 is 0.257 bits per heavy atom. The molecule has 2 atom stereocenters. The van der Waals surface area contributed by atoms with Gasteiger partial charge in [-0.05, 0) is 223 Å². The molecule has 0 aliphatic heterocycles. The highest BCUT2D eigenvalue weighted by Crippen LogP contribution is 2.69. The molecule has 3 heterocycles. The molecule has 4 aliphatic carbocycles. The Bertz CT molecular complexity index is 7450. The fourth-order valence-corrected chi connectivity index (χ4v) is 22.4. The summed E-state index contributed by atoms with van der Waals surface area (Å²) in [7, 11) is 0. The molecule has 1 nitrogen and oxygen atoms in total. The van der Waals surface area contributed by atoms with Crippen molar-refractivity contribution in [3.8, 4) is 109 Å². The molecule has 2 spiro atoms. The number of hydrogen-bond acceptors (Lipinski definition) is 3. The van der Waals surface area contributed by atoms with Crippen molar-refractivity contribution in [3.05, 3.63) is 426 Å². The number of aryl methyl sites for hydroxylation is 1. The van der Waals surface area contributed by atoms with Gasteiger partial charge in [0.1, 0.15) is 0 Å². The summed E-state index contributed by atoms with van der Waals surface area (Å²) >= 11 is 3.41.